The lowest BCUT2D eigenvalue weighted by molar-refractivity contribution is 0.0697. The van der Waals surface area contributed by atoms with E-state index in [1.54, 1.807) is 18.2 Å². The number of sulfonamides is 1. The molecule has 5 aromatic carbocycles. The van der Waals surface area contributed by atoms with Crippen LogP contribution < -0.4 is 9.46 Å². The monoisotopic (exact) mass is 690 g/mol. The first-order valence-electron chi connectivity index (χ1n) is 15.9. The largest absolute Gasteiger partial charge is 0.493 e. The normalized spacial score (nSPS) is 11.8. The highest BCUT2D eigenvalue weighted by molar-refractivity contribution is 7.92. The van der Waals surface area contributed by atoms with Gasteiger partial charge in [0.1, 0.15) is 5.75 Å². The summed E-state index contributed by atoms with van der Waals surface area (Å²) in [5, 5.41) is 12.0. The smallest absolute Gasteiger partial charge is 0.335 e. The summed E-state index contributed by atoms with van der Waals surface area (Å²) in [7, 11) is -3.73. The van der Waals surface area contributed by atoms with Crippen LogP contribution in [0.1, 0.15) is 44.3 Å². The van der Waals surface area contributed by atoms with E-state index in [2.05, 4.69) is 33.6 Å². The van der Waals surface area contributed by atoms with Gasteiger partial charge in [-0.05, 0) is 70.8 Å². The topological polar surface area (TPSA) is 97.6 Å². The minimum atomic E-state index is -3.73. The molecule has 0 atom stereocenters. The van der Waals surface area contributed by atoms with Gasteiger partial charge in [-0.3, -0.25) is 0 Å². The molecule has 0 aliphatic carbocycles. The zero-order chi connectivity index (χ0) is 34.2. The number of nitrogens with one attached hydrogen (secondary N) is 1. The quantitative estimate of drug-likeness (QED) is 0.120. The molecule has 0 amide bonds. The number of halogens is 1. The Morgan fingerprint density at radius 1 is 0.816 bits per heavy atom. The number of hydrogen-bond donors (Lipinski definition) is 2. The summed E-state index contributed by atoms with van der Waals surface area (Å²) in [5.41, 5.74) is 6.04. The van der Waals surface area contributed by atoms with Crippen LogP contribution in [0.2, 0.25) is 5.02 Å². The number of fused-ring (bicyclic) bond motifs is 1. The Hall–Kier alpha value is -5.15. The number of rotatable bonds is 14. The number of benzene rings is 5. The van der Waals surface area contributed by atoms with E-state index in [1.165, 1.54) is 17.5 Å². The maximum Gasteiger partial charge on any atom is 0.335 e. The van der Waals surface area contributed by atoms with Gasteiger partial charge in [-0.1, -0.05) is 103 Å². The van der Waals surface area contributed by atoms with E-state index in [0.717, 1.165) is 38.9 Å². The molecule has 0 radical (unpaired) electrons. The van der Waals surface area contributed by atoms with Crippen LogP contribution in [0, 0.1) is 0 Å². The summed E-state index contributed by atoms with van der Waals surface area (Å²) < 4.78 is 37.3. The highest BCUT2D eigenvalue weighted by atomic mass is 35.5. The van der Waals surface area contributed by atoms with Crippen molar-refractivity contribution in [3.05, 3.63) is 177 Å². The van der Waals surface area contributed by atoms with E-state index in [0.29, 0.717) is 30.2 Å². The molecule has 0 aliphatic rings. The lowest BCUT2D eigenvalue weighted by Crippen LogP contribution is -2.26. The van der Waals surface area contributed by atoms with Crippen molar-refractivity contribution < 1.29 is 23.1 Å². The molecule has 9 heteroatoms. The summed E-state index contributed by atoms with van der Waals surface area (Å²) in [4.78, 5) is 11.3. The van der Waals surface area contributed by atoms with Gasteiger partial charge in [0.05, 0.1) is 18.2 Å². The number of hydrogen-bond acceptors (Lipinski definition) is 4. The molecular formula is C40H35ClN2O5S. The fraction of sp³-hybridized carbons (Fsp3) is 0.125. The zero-order valence-corrected chi connectivity index (χ0v) is 28.1. The minimum Gasteiger partial charge on any atom is -0.493 e. The molecule has 0 saturated carbocycles. The Morgan fingerprint density at radius 2 is 1.43 bits per heavy atom. The van der Waals surface area contributed by atoms with Crippen molar-refractivity contribution in [1.82, 2.24) is 9.29 Å². The Kier molecular flexibility index (Phi) is 10.6. The highest BCUT2D eigenvalue weighted by Crippen LogP contribution is 2.37. The fourth-order valence-corrected chi connectivity index (χ4v) is 7.06. The Labute approximate surface area is 291 Å². The van der Waals surface area contributed by atoms with Gasteiger partial charge in [-0.2, -0.15) is 0 Å². The van der Waals surface area contributed by atoms with Crippen LogP contribution in [-0.4, -0.2) is 37.2 Å². The van der Waals surface area contributed by atoms with Gasteiger partial charge >= 0.3 is 5.97 Å². The van der Waals surface area contributed by atoms with E-state index in [4.69, 9.17) is 16.3 Å². The standard InChI is InChI=1S/C40H35ClN2O5S/c41-33-18-21-37-36(28-33)35(23-26-48-34-19-16-32(17-20-34)40(44)45)38(22-25-42-49(46,47)27-24-29-10-4-1-5-11-29)43(37)39(30-12-6-2-7-13-30)31-14-8-3-9-15-31/h1-21,24,27-28,39,42H,22-23,25-26H2,(H,44,45)/b27-24+. The SMILES string of the molecule is O=C(O)c1ccc(OCCc2c(CCNS(=O)(=O)/C=C/c3ccccc3)n(C(c3ccccc3)c3ccccc3)c3ccc(Cl)cc23)cc1. The lowest BCUT2D eigenvalue weighted by Gasteiger charge is -2.25. The van der Waals surface area contributed by atoms with E-state index in [1.807, 2.05) is 84.9 Å². The first kappa shape index (κ1) is 33.7. The molecule has 49 heavy (non-hydrogen) atoms. The molecule has 0 saturated heterocycles. The number of aromatic nitrogens is 1. The summed E-state index contributed by atoms with van der Waals surface area (Å²) in [6, 6.07) is 41.7. The maximum absolute atomic E-state index is 13.1. The second-order valence-corrected chi connectivity index (χ2v) is 13.6. The van der Waals surface area contributed by atoms with Crippen LogP contribution in [0.5, 0.6) is 5.75 Å². The van der Waals surface area contributed by atoms with Gasteiger partial charge in [0.25, 0.3) is 0 Å². The average molecular weight is 691 g/mol. The van der Waals surface area contributed by atoms with Gasteiger partial charge in [0, 0.05) is 46.4 Å². The van der Waals surface area contributed by atoms with Crippen LogP contribution in [0.15, 0.2) is 139 Å². The summed E-state index contributed by atoms with van der Waals surface area (Å²) in [6.07, 6.45) is 2.47. The molecule has 0 aliphatic heterocycles. The third-order valence-electron chi connectivity index (χ3n) is 8.30. The Morgan fingerprint density at radius 3 is 2.04 bits per heavy atom. The van der Waals surface area contributed by atoms with E-state index < -0.39 is 16.0 Å². The first-order valence-corrected chi connectivity index (χ1v) is 17.8. The molecule has 7 nitrogen and oxygen atoms in total. The molecule has 0 spiro atoms. The number of nitrogens with zero attached hydrogens (tertiary/aromatic N) is 1. The number of aromatic carboxylic acids is 1. The van der Waals surface area contributed by atoms with E-state index >= 15 is 0 Å². The molecule has 0 fully saturated rings. The van der Waals surface area contributed by atoms with Gasteiger partial charge in [0.15, 0.2) is 0 Å². The summed E-state index contributed by atoms with van der Waals surface area (Å²) >= 11 is 6.60. The van der Waals surface area contributed by atoms with E-state index in [9.17, 15) is 18.3 Å². The highest BCUT2D eigenvalue weighted by Gasteiger charge is 2.26. The first-order chi connectivity index (χ1) is 23.8. The number of carboxylic acids is 1. The van der Waals surface area contributed by atoms with Gasteiger partial charge in [0.2, 0.25) is 10.0 Å². The summed E-state index contributed by atoms with van der Waals surface area (Å²) in [6.45, 7) is 0.463. The number of carbonyl (C=O) groups is 1. The zero-order valence-electron chi connectivity index (χ0n) is 26.6. The Bertz CT molecular complexity index is 2130. The molecular weight excluding hydrogens is 656 g/mol. The number of ether oxygens (including phenoxy) is 1. The van der Waals surface area contributed by atoms with Gasteiger partial charge in [-0.25, -0.2) is 17.9 Å². The molecule has 0 bridgehead atoms. The van der Waals surface area contributed by atoms with Crippen molar-refractivity contribution in [2.75, 3.05) is 13.2 Å². The van der Waals surface area contributed by atoms with Crippen molar-refractivity contribution in [2.45, 2.75) is 18.9 Å². The molecule has 1 heterocycles. The Balaban J connectivity index is 1.40. The fourth-order valence-electron chi connectivity index (χ4n) is 6.07. The lowest BCUT2D eigenvalue weighted by atomic mass is 9.97. The molecule has 6 rings (SSSR count). The minimum absolute atomic E-state index is 0.159. The van der Waals surface area contributed by atoms with Gasteiger partial charge in [-0.15, -0.1) is 0 Å². The van der Waals surface area contributed by atoms with Crippen molar-refractivity contribution in [3.8, 4) is 5.75 Å². The van der Waals surface area contributed by atoms with Crippen LogP contribution in [0.25, 0.3) is 17.0 Å². The third-order valence-corrected chi connectivity index (χ3v) is 9.63. The van der Waals surface area contributed by atoms with Gasteiger partial charge < -0.3 is 14.4 Å². The second-order valence-electron chi connectivity index (χ2n) is 11.5. The van der Waals surface area contributed by atoms with E-state index in [-0.39, 0.29) is 18.2 Å². The predicted octanol–water partition coefficient (Wildman–Crippen LogP) is 8.38. The molecule has 248 valence electrons. The van der Waals surface area contributed by atoms with Crippen molar-refractivity contribution in [2.24, 2.45) is 0 Å². The maximum atomic E-state index is 13.1. The predicted molar refractivity (Wildman–Crippen MR) is 196 cm³/mol. The van der Waals surface area contributed by atoms with Crippen LogP contribution in [0.3, 0.4) is 0 Å². The van der Waals surface area contributed by atoms with Crippen LogP contribution in [0.4, 0.5) is 0 Å². The van der Waals surface area contributed by atoms with Crippen molar-refractivity contribution in [3.63, 3.8) is 0 Å². The van der Waals surface area contributed by atoms with Crippen LogP contribution >= 0.6 is 11.6 Å². The molecule has 2 N–H and O–H groups in total. The number of carboxylic acid groups (broad SMARTS) is 1. The molecule has 1 aromatic heterocycles. The second kappa shape index (κ2) is 15.4. The summed E-state index contributed by atoms with van der Waals surface area (Å²) in [5.74, 6) is -0.448. The molecule has 6 aromatic rings. The van der Waals surface area contributed by atoms with Crippen molar-refractivity contribution >= 4 is 44.6 Å². The average Bonchev–Trinajstić information content (AvgIpc) is 3.40. The van der Waals surface area contributed by atoms with Crippen LogP contribution in [-0.2, 0) is 22.9 Å². The molecule has 0 unspecified atom stereocenters. The van der Waals surface area contributed by atoms with Crippen molar-refractivity contribution in [1.29, 1.82) is 0 Å². The third kappa shape index (κ3) is 8.29.